The zero-order valence-electron chi connectivity index (χ0n) is 11.9. The molecular formula is C13H25N3O2. The van der Waals surface area contributed by atoms with Crippen molar-refractivity contribution in [2.24, 2.45) is 21.7 Å². The molecule has 0 bridgehead atoms. The summed E-state index contributed by atoms with van der Waals surface area (Å²) in [6, 6.07) is 0. The Morgan fingerprint density at radius 2 is 1.89 bits per heavy atom. The maximum atomic E-state index is 12.1. The quantitative estimate of drug-likeness (QED) is 0.342. The van der Waals surface area contributed by atoms with Crippen LogP contribution >= 0.6 is 0 Å². The van der Waals surface area contributed by atoms with Gasteiger partial charge in [-0.1, -0.05) is 32.9 Å². The number of oxime groups is 1. The maximum Gasteiger partial charge on any atom is 0.223 e. The molecule has 5 nitrogen and oxygen atoms in total. The zero-order valence-corrected chi connectivity index (χ0v) is 11.9. The second-order valence-electron chi connectivity index (χ2n) is 6.66. The van der Waals surface area contributed by atoms with Gasteiger partial charge in [0.2, 0.25) is 5.91 Å². The number of piperidine rings is 1. The number of hydrogen-bond acceptors (Lipinski definition) is 3. The number of amides is 1. The normalized spacial score (nSPS) is 20.9. The smallest absolute Gasteiger partial charge is 0.223 e. The average Bonchev–Trinajstić information content (AvgIpc) is 2.26. The van der Waals surface area contributed by atoms with Crippen LogP contribution in [0.15, 0.2) is 5.16 Å². The summed E-state index contributed by atoms with van der Waals surface area (Å²) in [6.45, 7) is 9.54. The highest BCUT2D eigenvalue weighted by Gasteiger charge is 2.36. The fourth-order valence-electron chi connectivity index (χ4n) is 2.19. The number of hydrogen-bond donors (Lipinski definition) is 2. The van der Waals surface area contributed by atoms with E-state index in [4.69, 9.17) is 10.9 Å². The van der Waals surface area contributed by atoms with E-state index in [2.05, 4.69) is 25.9 Å². The molecule has 1 aliphatic heterocycles. The van der Waals surface area contributed by atoms with Crippen LogP contribution in [0.1, 0.15) is 47.0 Å². The molecule has 0 unspecified atom stereocenters. The largest absolute Gasteiger partial charge is 0.409 e. The van der Waals surface area contributed by atoms with Gasteiger partial charge in [-0.15, -0.1) is 0 Å². The van der Waals surface area contributed by atoms with E-state index in [0.29, 0.717) is 19.5 Å². The number of amidine groups is 1. The number of carbonyl (C=O) groups is 1. The Morgan fingerprint density at radius 3 is 2.28 bits per heavy atom. The standard InChI is InChI=1S/C13H25N3O2/c1-12(2,3)9-10(17)16-7-5-13(4,6-8-16)11(14)15-18/h18H,5-9H2,1-4H3,(H2,14,15). The van der Waals surface area contributed by atoms with Crippen LogP contribution in [0, 0.1) is 10.8 Å². The van der Waals surface area contributed by atoms with Gasteiger partial charge in [0.1, 0.15) is 5.84 Å². The molecule has 0 saturated carbocycles. The molecular weight excluding hydrogens is 230 g/mol. The highest BCUT2D eigenvalue weighted by molar-refractivity contribution is 5.86. The Balaban J connectivity index is 2.57. The Bertz CT molecular complexity index is 337. The van der Waals surface area contributed by atoms with Crippen LogP contribution in [0.2, 0.25) is 0 Å². The Kier molecular flexibility index (Phi) is 4.24. The minimum Gasteiger partial charge on any atom is -0.409 e. The molecule has 104 valence electrons. The van der Waals surface area contributed by atoms with Crippen molar-refractivity contribution < 1.29 is 10.0 Å². The zero-order chi connectivity index (χ0) is 14.0. The van der Waals surface area contributed by atoms with Crippen LogP contribution in [-0.2, 0) is 4.79 Å². The first-order valence-corrected chi connectivity index (χ1v) is 6.44. The molecule has 0 aromatic rings. The van der Waals surface area contributed by atoms with Crippen molar-refractivity contribution >= 4 is 11.7 Å². The fraction of sp³-hybridized carbons (Fsp3) is 0.846. The van der Waals surface area contributed by atoms with Crippen molar-refractivity contribution in [3.63, 3.8) is 0 Å². The molecule has 0 aliphatic carbocycles. The van der Waals surface area contributed by atoms with Crippen molar-refractivity contribution in [1.29, 1.82) is 0 Å². The van der Waals surface area contributed by atoms with Crippen LogP contribution < -0.4 is 5.73 Å². The first kappa shape index (κ1) is 14.8. The van der Waals surface area contributed by atoms with Crippen molar-refractivity contribution in [3.8, 4) is 0 Å². The van der Waals surface area contributed by atoms with Gasteiger partial charge in [0.05, 0.1) is 0 Å². The SMILES string of the molecule is CC(C)(C)CC(=O)N1CCC(C)(C(N)=NO)CC1. The predicted octanol–water partition coefficient (Wildman–Crippen LogP) is 1.80. The van der Waals surface area contributed by atoms with Crippen molar-refractivity contribution in [3.05, 3.63) is 0 Å². The second-order valence-corrected chi connectivity index (χ2v) is 6.66. The van der Waals surface area contributed by atoms with E-state index in [-0.39, 0.29) is 22.6 Å². The van der Waals surface area contributed by atoms with Crippen LogP contribution in [0.3, 0.4) is 0 Å². The van der Waals surface area contributed by atoms with E-state index in [1.165, 1.54) is 0 Å². The van der Waals surface area contributed by atoms with Crippen molar-refractivity contribution in [2.75, 3.05) is 13.1 Å². The van der Waals surface area contributed by atoms with Crippen LogP contribution in [0.25, 0.3) is 0 Å². The Hall–Kier alpha value is -1.26. The predicted molar refractivity (Wildman–Crippen MR) is 71.4 cm³/mol. The van der Waals surface area contributed by atoms with Gasteiger partial charge < -0.3 is 15.8 Å². The summed E-state index contributed by atoms with van der Waals surface area (Å²) >= 11 is 0. The summed E-state index contributed by atoms with van der Waals surface area (Å²) < 4.78 is 0. The van der Waals surface area contributed by atoms with Crippen molar-refractivity contribution in [1.82, 2.24) is 4.90 Å². The molecule has 1 aliphatic rings. The third-order valence-electron chi connectivity index (χ3n) is 3.63. The van der Waals surface area contributed by atoms with Gasteiger partial charge in [0.25, 0.3) is 0 Å². The maximum absolute atomic E-state index is 12.1. The lowest BCUT2D eigenvalue weighted by molar-refractivity contribution is -0.134. The van der Waals surface area contributed by atoms with Crippen LogP contribution in [0.5, 0.6) is 0 Å². The minimum atomic E-state index is -0.284. The van der Waals surface area contributed by atoms with E-state index in [1.807, 2.05) is 11.8 Å². The molecule has 0 aromatic heterocycles. The molecule has 1 fully saturated rings. The lowest BCUT2D eigenvalue weighted by atomic mass is 9.79. The van der Waals surface area contributed by atoms with Crippen LogP contribution in [-0.4, -0.2) is 34.9 Å². The number of rotatable bonds is 2. The monoisotopic (exact) mass is 255 g/mol. The molecule has 1 saturated heterocycles. The molecule has 18 heavy (non-hydrogen) atoms. The molecule has 1 rings (SSSR count). The topological polar surface area (TPSA) is 78.9 Å². The van der Waals surface area contributed by atoms with E-state index in [0.717, 1.165) is 12.8 Å². The summed E-state index contributed by atoms with van der Waals surface area (Å²) in [7, 11) is 0. The molecule has 5 heteroatoms. The fourth-order valence-corrected chi connectivity index (χ4v) is 2.19. The molecule has 0 spiro atoms. The molecule has 1 heterocycles. The summed E-state index contributed by atoms with van der Waals surface area (Å²) in [5, 5.41) is 11.9. The second kappa shape index (κ2) is 5.16. The van der Waals surface area contributed by atoms with Crippen molar-refractivity contribution in [2.45, 2.75) is 47.0 Å². The van der Waals surface area contributed by atoms with Gasteiger partial charge >= 0.3 is 0 Å². The van der Waals surface area contributed by atoms with E-state index in [1.54, 1.807) is 0 Å². The van der Waals surface area contributed by atoms with Crippen LogP contribution in [0.4, 0.5) is 0 Å². The van der Waals surface area contributed by atoms with E-state index < -0.39 is 0 Å². The Labute approximate surface area is 109 Å². The van der Waals surface area contributed by atoms with Gasteiger partial charge in [-0.3, -0.25) is 4.79 Å². The minimum absolute atomic E-state index is 0.0173. The average molecular weight is 255 g/mol. The Morgan fingerprint density at radius 1 is 1.39 bits per heavy atom. The van der Waals surface area contributed by atoms with Gasteiger partial charge in [-0.2, -0.15) is 0 Å². The molecule has 0 radical (unpaired) electrons. The van der Waals surface area contributed by atoms with Gasteiger partial charge in [0.15, 0.2) is 0 Å². The van der Waals surface area contributed by atoms with E-state index >= 15 is 0 Å². The summed E-state index contributed by atoms with van der Waals surface area (Å²) in [5.41, 5.74) is 5.43. The number of likely N-dealkylation sites (tertiary alicyclic amines) is 1. The van der Waals surface area contributed by atoms with Gasteiger partial charge in [-0.05, 0) is 18.3 Å². The number of nitrogens with zero attached hydrogens (tertiary/aromatic N) is 2. The van der Waals surface area contributed by atoms with Gasteiger partial charge in [0, 0.05) is 24.9 Å². The molecule has 1 amide bonds. The lowest BCUT2D eigenvalue weighted by Crippen LogP contribution is -2.47. The highest BCUT2D eigenvalue weighted by Crippen LogP contribution is 2.32. The summed E-state index contributed by atoms with van der Waals surface area (Å²) in [4.78, 5) is 14.0. The lowest BCUT2D eigenvalue weighted by Gasteiger charge is -2.39. The summed E-state index contributed by atoms with van der Waals surface area (Å²) in [6.07, 6.45) is 2.06. The highest BCUT2D eigenvalue weighted by atomic mass is 16.4. The first-order chi connectivity index (χ1) is 8.18. The molecule has 0 aromatic carbocycles. The third kappa shape index (κ3) is 3.62. The number of nitrogens with two attached hydrogens (primary N) is 1. The third-order valence-corrected chi connectivity index (χ3v) is 3.63. The number of carbonyl (C=O) groups excluding carboxylic acids is 1. The summed E-state index contributed by atoms with van der Waals surface area (Å²) in [5.74, 6) is 0.467. The first-order valence-electron chi connectivity index (χ1n) is 6.44. The van der Waals surface area contributed by atoms with E-state index in [9.17, 15) is 4.79 Å². The molecule has 0 atom stereocenters. The molecule has 3 N–H and O–H groups in total. The van der Waals surface area contributed by atoms with Gasteiger partial charge in [-0.25, -0.2) is 0 Å².